The van der Waals surface area contributed by atoms with E-state index in [9.17, 15) is 9.59 Å². The number of amides is 1. The summed E-state index contributed by atoms with van der Waals surface area (Å²) in [5.74, 6) is -1.12. The van der Waals surface area contributed by atoms with Gasteiger partial charge in [0.2, 0.25) is 5.91 Å². The average Bonchev–Trinajstić information content (AvgIpc) is 2.77. The largest absolute Gasteiger partial charge is 0.481 e. The van der Waals surface area contributed by atoms with Crippen molar-refractivity contribution in [2.24, 2.45) is 5.92 Å². The molecule has 2 aromatic carbocycles. The van der Waals surface area contributed by atoms with Crippen molar-refractivity contribution >= 4 is 17.6 Å². The van der Waals surface area contributed by atoms with E-state index < -0.39 is 5.97 Å². The van der Waals surface area contributed by atoms with Crippen LogP contribution in [0.15, 0.2) is 72.9 Å². The van der Waals surface area contributed by atoms with Gasteiger partial charge in [-0.2, -0.15) is 0 Å². The number of carboxylic acid groups (broad SMARTS) is 1. The molecule has 0 saturated carbocycles. The van der Waals surface area contributed by atoms with Crippen LogP contribution >= 0.6 is 0 Å². The minimum Gasteiger partial charge on any atom is -0.481 e. The van der Waals surface area contributed by atoms with Crippen molar-refractivity contribution in [2.45, 2.75) is 25.3 Å². The molecule has 3 aromatic rings. The van der Waals surface area contributed by atoms with Gasteiger partial charge in [-0.3, -0.25) is 14.6 Å². The number of aromatic nitrogens is 1. The molecule has 0 spiro atoms. The van der Waals surface area contributed by atoms with Gasteiger partial charge in [0.1, 0.15) is 0 Å². The number of carboxylic acids is 1. The van der Waals surface area contributed by atoms with Crippen molar-refractivity contribution < 1.29 is 14.7 Å². The van der Waals surface area contributed by atoms with Crippen LogP contribution in [0.5, 0.6) is 0 Å². The lowest BCUT2D eigenvalue weighted by Crippen LogP contribution is -2.40. The normalized spacial score (nSPS) is 16.3. The topological polar surface area (TPSA) is 91.3 Å². The summed E-state index contributed by atoms with van der Waals surface area (Å²) in [6, 6.07) is 21.2. The number of carbonyl (C=O) groups is 2. The number of nitrogens with zero attached hydrogens (tertiary/aromatic N) is 1. The first-order chi connectivity index (χ1) is 15.1. The van der Waals surface area contributed by atoms with Crippen LogP contribution in [-0.4, -0.2) is 28.5 Å². The lowest BCUT2D eigenvalue weighted by atomic mass is 9.85. The maximum absolute atomic E-state index is 12.9. The lowest BCUT2D eigenvalue weighted by Gasteiger charge is -2.31. The summed E-state index contributed by atoms with van der Waals surface area (Å²) in [5, 5.41) is 15.6. The van der Waals surface area contributed by atoms with Gasteiger partial charge in [-0.25, -0.2) is 0 Å². The summed E-state index contributed by atoms with van der Waals surface area (Å²) in [7, 11) is 0. The van der Waals surface area contributed by atoms with Crippen LogP contribution in [0, 0.1) is 5.92 Å². The molecule has 2 atom stereocenters. The first-order valence-electron chi connectivity index (χ1n) is 10.4. The standard InChI is InChI=1S/C25H25N3O3/c29-23(30)15-18-7-4-6-17(14-18)11-13-27-24(19-8-2-1-3-9-19)20-16-22-21(28-25(20)31)10-5-12-26-22/h1-10,12,14,20,24,27H,11,13,15-16H2,(H,28,31)(H,29,30)/t20-,24+/m0/s1. The summed E-state index contributed by atoms with van der Waals surface area (Å²) in [4.78, 5) is 28.3. The Bertz CT molecular complexity index is 1070. The number of aliphatic carboxylic acids is 1. The van der Waals surface area contributed by atoms with Crippen LogP contribution in [0.2, 0.25) is 0 Å². The molecule has 1 aliphatic rings. The van der Waals surface area contributed by atoms with Crippen LogP contribution < -0.4 is 10.6 Å². The van der Waals surface area contributed by atoms with Gasteiger partial charge in [0, 0.05) is 18.7 Å². The van der Waals surface area contributed by atoms with Gasteiger partial charge in [0.15, 0.2) is 0 Å². The molecule has 1 aromatic heterocycles. The SMILES string of the molecule is O=C(O)Cc1cccc(CCN[C@H](c2ccccc2)[C@@H]2Cc3ncccc3NC2=O)c1. The van der Waals surface area contributed by atoms with Crippen LogP contribution in [0.4, 0.5) is 5.69 Å². The number of pyridine rings is 1. The van der Waals surface area contributed by atoms with Gasteiger partial charge in [-0.05, 0) is 41.8 Å². The van der Waals surface area contributed by atoms with Crippen molar-refractivity contribution in [2.75, 3.05) is 11.9 Å². The highest BCUT2D eigenvalue weighted by molar-refractivity contribution is 5.95. The number of rotatable bonds is 8. The Balaban J connectivity index is 1.49. The Morgan fingerprint density at radius 3 is 2.71 bits per heavy atom. The van der Waals surface area contributed by atoms with E-state index in [4.69, 9.17) is 5.11 Å². The monoisotopic (exact) mass is 415 g/mol. The summed E-state index contributed by atoms with van der Waals surface area (Å²) in [6.07, 6.45) is 3.08. The number of nitrogens with one attached hydrogen (secondary N) is 2. The fourth-order valence-electron chi connectivity index (χ4n) is 4.10. The Morgan fingerprint density at radius 2 is 1.90 bits per heavy atom. The Kier molecular flexibility index (Phi) is 6.38. The number of carbonyl (C=O) groups excluding carboxylic acids is 1. The van der Waals surface area contributed by atoms with Gasteiger partial charge < -0.3 is 15.7 Å². The van der Waals surface area contributed by atoms with E-state index >= 15 is 0 Å². The van der Waals surface area contributed by atoms with Crippen molar-refractivity contribution in [1.29, 1.82) is 0 Å². The minimum absolute atomic E-state index is 0.00897. The summed E-state index contributed by atoms with van der Waals surface area (Å²) in [5.41, 5.74) is 4.60. The molecule has 0 unspecified atom stereocenters. The molecule has 2 heterocycles. The van der Waals surface area contributed by atoms with E-state index in [1.807, 2.05) is 66.7 Å². The lowest BCUT2D eigenvalue weighted by molar-refractivity contribution is -0.136. The smallest absolute Gasteiger partial charge is 0.307 e. The molecule has 1 aliphatic heterocycles. The Labute approximate surface area is 181 Å². The summed E-state index contributed by atoms with van der Waals surface area (Å²) < 4.78 is 0. The van der Waals surface area contributed by atoms with Gasteiger partial charge in [-0.1, -0.05) is 54.6 Å². The molecule has 0 bridgehead atoms. The molecule has 0 saturated heterocycles. The second-order valence-electron chi connectivity index (χ2n) is 7.78. The first-order valence-corrected chi connectivity index (χ1v) is 10.4. The molecular weight excluding hydrogens is 390 g/mol. The number of benzene rings is 2. The zero-order valence-corrected chi connectivity index (χ0v) is 17.1. The van der Waals surface area contributed by atoms with E-state index in [0.29, 0.717) is 13.0 Å². The van der Waals surface area contributed by atoms with E-state index in [0.717, 1.165) is 34.5 Å². The van der Waals surface area contributed by atoms with Crippen molar-refractivity contribution in [1.82, 2.24) is 10.3 Å². The molecule has 1 amide bonds. The predicted octanol–water partition coefficient (Wildman–Crippen LogP) is 3.39. The van der Waals surface area contributed by atoms with E-state index in [1.54, 1.807) is 6.20 Å². The maximum atomic E-state index is 12.9. The molecule has 31 heavy (non-hydrogen) atoms. The third-order valence-electron chi connectivity index (χ3n) is 5.58. The Morgan fingerprint density at radius 1 is 1.10 bits per heavy atom. The highest BCUT2D eigenvalue weighted by atomic mass is 16.4. The maximum Gasteiger partial charge on any atom is 0.307 e. The van der Waals surface area contributed by atoms with E-state index in [-0.39, 0.29) is 24.3 Å². The number of fused-ring (bicyclic) bond motifs is 1. The van der Waals surface area contributed by atoms with E-state index in [2.05, 4.69) is 15.6 Å². The predicted molar refractivity (Wildman–Crippen MR) is 119 cm³/mol. The van der Waals surface area contributed by atoms with Crippen LogP contribution in [-0.2, 0) is 28.9 Å². The number of hydrogen-bond donors (Lipinski definition) is 3. The molecule has 0 aliphatic carbocycles. The van der Waals surface area contributed by atoms with Gasteiger partial charge in [0.05, 0.1) is 23.7 Å². The van der Waals surface area contributed by atoms with Crippen LogP contribution in [0.3, 0.4) is 0 Å². The number of anilines is 1. The van der Waals surface area contributed by atoms with E-state index in [1.165, 1.54) is 0 Å². The molecule has 6 nitrogen and oxygen atoms in total. The van der Waals surface area contributed by atoms with Crippen molar-refractivity contribution in [3.05, 3.63) is 95.3 Å². The zero-order valence-electron chi connectivity index (χ0n) is 17.1. The van der Waals surface area contributed by atoms with Crippen molar-refractivity contribution in [3.63, 3.8) is 0 Å². The fourth-order valence-corrected chi connectivity index (χ4v) is 4.10. The average molecular weight is 415 g/mol. The van der Waals surface area contributed by atoms with Crippen molar-refractivity contribution in [3.8, 4) is 0 Å². The molecule has 158 valence electrons. The quantitative estimate of drug-likeness (QED) is 0.525. The first kappa shape index (κ1) is 20.8. The number of hydrogen-bond acceptors (Lipinski definition) is 4. The second-order valence-corrected chi connectivity index (χ2v) is 7.78. The zero-order chi connectivity index (χ0) is 21.6. The van der Waals surface area contributed by atoms with Gasteiger partial charge in [-0.15, -0.1) is 0 Å². The second kappa shape index (κ2) is 9.53. The molecule has 3 N–H and O–H groups in total. The Hall–Kier alpha value is -3.51. The highest BCUT2D eigenvalue weighted by Crippen LogP contribution is 2.32. The fraction of sp³-hybridized carbons (Fsp3) is 0.240. The summed E-state index contributed by atoms with van der Waals surface area (Å²) in [6.45, 7) is 0.662. The molecule has 6 heteroatoms. The van der Waals surface area contributed by atoms with Crippen LogP contribution in [0.1, 0.15) is 28.4 Å². The van der Waals surface area contributed by atoms with Gasteiger partial charge in [0.25, 0.3) is 0 Å². The molecular formula is C25H25N3O3. The third kappa shape index (κ3) is 5.16. The third-order valence-corrected chi connectivity index (χ3v) is 5.58. The molecule has 0 fully saturated rings. The van der Waals surface area contributed by atoms with Gasteiger partial charge >= 0.3 is 5.97 Å². The minimum atomic E-state index is -0.836. The highest BCUT2D eigenvalue weighted by Gasteiger charge is 2.34. The molecule has 0 radical (unpaired) electrons. The van der Waals surface area contributed by atoms with Crippen LogP contribution in [0.25, 0.3) is 0 Å². The molecule has 4 rings (SSSR count). The summed E-state index contributed by atoms with van der Waals surface area (Å²) >= 11 is 0.